The maximum Gasteiger partial charge on any atom is 0.270 e. The minimum atomic E-state index is -5.22. The van der Waals surface area contributed by atoms with Gasteiger partial charge in [0.25, 0.3) is 10.0 Å². The maximum atomic E-state index is 13.8. The Morgan fingerprint density at radius 1 is 0.742 bits per heavy atom. The van der Waals surface area contributed by atoms with E-state index in [1.165, 1.54) is 0 Å². The number of hydrogen-bond acceptors (Lipinski definition) is 3. The topological polar surface area (TPSA) is 46.6 Å². The summed E-state index contributed by atoms with van der Waals surface area (Å²) in [5.41, 5.74) is -0.428. The Hall–Kier alpha value is -3.21. The summed E-state index contributed by atoms with van der Waals surface area (Å²) in [5.74, 6) is -13.6. The van der Waals surface area contributed by atoms with Crippen LogP contribution in [0.25, 0.3) is 0 Å². The van der Waals surface area contributed by atoms with Crippen molar-refractivity contribution in [1.82, 2.24) is 0 Å². The standard InChI is InChI=1S/C14H9F6NO3S.C6H6/c1-21(6-3-4-8(24-2)7(15)5-6)25(22,23)14-12(19)10(17)9(16)11(18)13(14)20;1-2-4-6-5-3-1/h3-5H,1-2H3;1-6H. The van der Waals surface area contributed by atoms with E-state index in [4.69, 9.17) is 0 Å². The number of methoxy groups -OCH3 is 1. The molecule has 31 heavy (non-hydrogen) atoms. The number of sulfonamides is 1. The third-order valence-electron chi connectivity index (χ3n) is 3.95. The number of hydrogen-bond donors (Lipinski definition) is 0. The van der Waals surface area contributed by atoms with Gasteiger partial charge < -0.3 is 4.74 Å². The van der Waals surface area contributed by atoms with E-state index >= 15 is 0 Å². The molecule has 0 aromatic heterocycles. The first-order valence-electron chi connectivity index (χ1n) is 8.38. The van der Waals surface area contributed by atoms with Crippen LogP contribution < -0.4 is 9.04 Å². The van der Waals surface area contributed by atoms with Gasteiger partial charge in [0.2, 0.25) is 5.82 Å². The van der Waals surface area contributed by atoms with Crippen LogP contribution in [0.5, 0.6) is 5.75 Å². The molecular formula is C20H15F6NO3S. The second kappa shape index (κ2) is 9.73. The summed E-state index contributed by atoms with van der Waals surface area (Å²) in [5, 5.41) is 0. The predicted octanol–water partition coefficient (Wildman–Crippen LogP) is 5.04. The lowest BCUT2D eigenvalue weighted by Gasteiger charge is -2.21. The zero-order chi connectivity index (χ0) is 23.3. The molecule has 0 radical (unpaired) electrons. The first kappa shape index (κ1) is 24.1. The molecular weight excluding hydrogens is 448 g/mol. The molecule has 3 rings (SSSR count). The summed E-state index contributed by atoms with van der Waals surface area (Å²) in [6.07, 6.45) is 0. The van der Waals surface area contributed by atoms with Crippen molar-refractivity contribution in [3.63, 3.8) is 0 Å². The molecule has 0 saturated heterocycles. The van der Waals surface area contributed by atoms with Crippen LogP contribution in [0.3, 0.4) is 0 Å². The number of ether oxygens (including phenoxy) is 1. The lowest BCUT2D eigenvalue weighted by Crippen LogP contribution is -2.29. The SMILES string of the molecule is COc1ccc(N(C)S(=O)(=O)c2c(F)c(F)c(F)c(F)c2F)cc1F.c1ccccc1. The number of rotatable bonds is 4. The predicted molar refractivity (Wildman–Crippen MR) is 101 cm³/mol. The molecule has 0 fully saturated rings. The molecule has 0 aliphatic carbocycles. The quantitative estimate of drug-likeness (QED) is 0.309. The van der Waals surface area contributed by atoms with E-state index < -0.39 is 55.5 Å². The Bertz CT molecular complexity index is 1120. The van der Waals surface area contributed by atoms with Crippen LogP contribution in [-0.4, -0.2) is 22.6 Å². The van der Waals surface area contributed by atoms with E-state index in [9.17, 15) is 34.8 Å². The van der Waals surface area contributed by atoms with Gasteiger partial charge in [0.1, 0.15) is 0 Å². The van der Waals surface area contributed by atoms with Crippen molar-refractivity contribution in [1.29, 1.82) is 0 Å². The Morgan fingerprint density at radius 2 is 1.16 bits per heavy atom. The van der Waals surface area contributed by atoms with Crippen LogP contribution in [0, 0.1) is 34.9 Å². The average molecular weight is 463 g/mol. The third-order valence-corrected chi connectivity index (χ3v) is 5.76. The van der Waals surface area contributed by atoms with Crippen LogP contribution in [0.1, 0.15) is 0 Å². The highest BCUT2D eigenvalue weighted by Gasteiger charge is 2.36. The van der Waals surface area contributed by atoms with Crippen molar-refractivity contribution < 1.29 is 39.5 Å². The minimum absolute atomic E-state index is 0.174. The Labute approximate surface area is 174 Å². The fraction of sp³-hybridized carbons (Fsp3) is 0.100. The molecule has 0 atom stereocenters. The molecule has 166 valence electrons. The zero-order valence-corrected chi connectivity index (χ0v) is 16.9. The second-order valence-electron chi connectivity index (χ2n) is 5.85. The first-order chi connectivity index (χ1) is 14.5. The van der Waals surface area contributed by atoms with Crippen molar-refractivity contribution in [3.05, 3.63) is 89.5 Å². The third kappa shape index (κ3) is 4.93. The molecule has 3 aromatic rings. The molecule has 0 bridgehead atoms. The first-order valence-corrected chi connectivity index (χ1v) is 9.82. The molecule has 0 saturated carbocycles. The second-order valence-corrected chi connectivity index (χ2v) is 7.75. The van der Waals surface area contributed by atoms with Crippen LogP contribution >= 0.6 is 0 Å². The molecule has 0 heterocycles. The molecule has 0 unspecified atom stereocenters. The lowest BCUT2D eigenvalue weighted by molar-refractivity contribution is 0.357. The van der Waals surface area contributed by atoms with Gasteiger partial charge in [0.15, 0.2) is 39.7 Å². The Balaban J connectivity index is 0.000000488. The number of nitrogens with zero attached hydrogens (tertiary/aromatic N) is 1. The highest BCUT2D eigenvalue weighted by Crippen LogP contribution is 2.32. The lowest BCUT2D eigenvalue weighted by atomic mass is 10.3. The van der Waals surface area contributed by atoms with Crippen LogP contribution in [0.2, 0.25) is 0 Å². The van der Waals surface area contributed by atoms with Gasteiger partial charge in [0.05, 0.1) is 12.8 Å². The zero-order valence-electron chi connectivity index (χ0n) is 16.0. The molecule has 11 heteroatoms. The molecule has 0 aliphatic rings. The summed E-state index contributed by atoms with van der Waals surface area (Å²) in [6, 6.07) is 14.7. The Kier molecular flexibility index (Phi) is 7.55. The molecule has 0 aliphatic heterocycles. The van der Waals surface area contributed by atoms with Crippen molar-refractivity contribution in [2.45, 2.75) is 4.90 Å². The summed E-state index contributed by atoms with van der Waals surface area (Å²) >= 11 is 0. The van der Waals surface area contributed by atoms with Gasteiger partial charge in [-0.2, -0.15) is 0 Å². The van der Waals surface area contributed by atoms with Gasteiger partial charge in [0, 0.05) is 13.1 Å². The molecule has 0 N–H and O–H groups in total. The molecule has 4 nitrogen and oxygen atoms in total. The Morgan fingerprint density at radius 3 is 1.55 bits per heavy atom. The van der Waals surface area contributed by atoms with E-state index in [0.717, 1.165) is 26.3 Å². The van der Waals surface area contributed by atoms with E-state index in [2.05, 4.69) is 4.74 Å². The average Bonchev–Trinajstić information content (AvgIpc) is 2.77. The van der Waals surface area contributed by atoms with Gasteiger partial charge in [-0.05, 0) is 12.1 Å². The summed E-state index contributed by atoms with van der Waals surface area (Å²) in [6.45, 7) is 0. The van der Waals surface area contributed by atoms with Gasteiger partial charge in [-0.1, -0.05) is 36.4 Å². The van der Waals surface area contributed by atoms with E-state index in [0.29, 0.717) is 6.07 Å². The highest BCUT2D eigenvalue weighted by molar-refractivity contribution is 7.92. The molecule has 0 amide bonds. The van der Waals surface area contributed by atoms with E-state index in [1.807, 2.05) is 36.4 Å². The summed E-state index contributed by atoms with van der Waals surface area (Å²) in [4.78, 5) is -2.04. The smallest absolute Gasteiger partial charge is 0.270 e. The van der Waals surface area contributed by atoms with Crippen LogP contribution in [0.15, 0.2) is 59.5 Å². The van der Waals surface area contributed by atoms with Gasteiger partial charge >= 0.3 is 0 Å². The fourth-order valence-electron chi connectivity index (χ4n) is 2.32. The largest absolute Gasteiger partial charge is 0.494 e. The molecule has 3 aromatic carbocycles. The van der Waals surface area contributed by atoms with Crippen LogP contribution in [0.4, 0.5) is 32.0 Å². The monoisotopic (exact) mass is 463 g/mol. The number of benzene rings is 3. The van der Waals surface area contributed by atoms with Gasteiger partial charge in [-0.25, -0.2) is 34.8 Å². The number of halogens is 6. The van der Waals surface area contributed by atoms with Crippen molar-refractivity contribution in [2.24, 2.45) is 0 Å². The van der Waals surface area contributed by atoms with Crippen molar-refractivity contribution >= 4 is 15.7 Å². The van der Waals surface area contributed by atoms with E-state index in [-0.39, 0.29) is 10.1 Å². The number of anilines is 1. The fourth-order valence-corrected chi connectivity index (χ4v) is 3.62. The van der Waals surface area contributed by atoms with Gasteiger partial charge in [-0.15, -0.1) is 0 Å². The van der Waals surface area contributed by atoms with Crippen molar-refractivity contribution in [3.8, 4) is 5.75 Å². The van der Waals surface area contributed by atoms with Gasteiger partial charge in [-0.3, -0.25) is 4.31 Å². The summed E-state index contributed by atoms with van der Waals surface area (Å²) < 4.78 is 110. The normalized spacial score (nSPS) is 10.8. The maximum absolute atomic E-state index is 13.8. The highest BCUT2D eigenvalue weighted by atomic mass is 32.2. The molecule has 0 spiro atoms. The van der Waals surface area contributed by atoms with Crippen LogP contribution in [-0.2, 0) is 10.0 Å². The summed E-state index contributed by atoms with van der Waals surface area (Å²) in [7, 11) is -3.32. The van der Waals surface area contributed by atoms with E-state index in [1.54, 1.807) is 0 Å². The minimum Gasteiger partial charge on any atom is -0.494 e. The van der Waals surface area contributed by atoms with Crippen molar-refractivity contribution in [2.75, 3.05) is 18.5 Å².